The van der Waals surface area contributed by atoms with E-state index in [1.54, 1.807) is 5.48 Å². The van der Waals surface area contributed by atoms with Crippen molar-refractivity contribution in [1.82, 2.24) is 5.48 Å². The number of benzene rings is 1. The van der Waals surface area contributed by atoms with E-state index in [-0.39, 0.29) is 13.0 Å². The molecule has 0 saturated heterocycles. The maximum Gasteiger partial charge on any atom is 0.247 e. The molecule has 0 bridgehead atoms. The second-order valence-electron chi connectivity index (χ2n) is 5.25. The summed E-state index contributed by atoms with van der Waals surface area (Å²) in [6.07, 6.45) is 4.57. The number of nitrogens with one attached hydrogen (secondary N) is 1. The van der Waals surface area contributed by atoms with Crippen LogP contribution in [0.1, 0.15) is 45.1 Å². The van der Waals surface area contributed by atoms with E-state index in [1.807, 2.05) is 24.3 Å². The smallest absolute Gasteiger partial charge is 0.247 e. The lowest BCUT2D eigenvalue weighted by Gasteiger charge is -2.06. The molecule has 0 spiro atoms. The maximum atomic E-state index is 10.9. The topological polar surface area (TPSA) is 88.0 Å². The minimum Gasteiger partial charge on any atom is -0.494 e. The highest BCUT2D eigenvalue weighted by Crippen LogP contribution is 2.13. The van der Waals surface area contributed by atoms with Crippen LogP contribution in [0.3, 0.4) is 0 Å². The molecule has 1 amide bonds. The molecule has 0 radical (unpaired) electrons. The number of ether oxygens (including phenoxy) is 2. The second kappa shape index (κ2) is 16.2. The summed E-state index contributed by atoms with van der Waals surface area (Å²) in [6, 6.07) is 7.29. The molecule has 0 aliphatic rings. The second-order valence-corrected chi connectivity index (χ2v) is 5.25. The van der Waals surface area contributed by atoms with Gasteiger partial charge in [0.25, 0.3) is 0 Å². The van der Waals surface area contributed by atoms with Crippen LogP contribution < -0.4 is 10.2 Å². The third kappa shape index (κ3) is 12.9. The fraction of sp³-hybridized carbons (Fsp3) is 0.611. The molecule has 0 aromatic heterocycles. The predicted octanol–water partition coefficient (Wildman–Crippen LogP) is 2.71. The van der Waals surface area contributed by atoms with Crippen LogP contribution in [0.2, 0.25) is 0 Å². The van der Waals surface area contributed by atoms with Gasteiger partial charge in [0.2, 0.25) is 5.91 Å². The van der Waals surface area contributed by atoms with E-state index in [0.717, 1.165) is 43.6 Å². The first-order valence-corrected chi connectivity index (χ1v) is 8.51. The molecule has 0 aliphatic carbocycles. The van der Waals surface area contributed by atoms with Gasteiger partial charge in [-0.3, -0.25) is 10.0 Å². The Morgan fingerprint density at radius 3 is 2.21 bits per heavy atom. The average molecular weight is 341 g/mol. The molecule has 6 nitrogen and oxygen atoms in total. The van der Waals surface area contributed by atoms with Crippen LogP contribution in [0, 0.1) is 0 Å². The van der Waals surface area contributed by atoms with Crippen molar-refractivity contribution in [2.45, 2.75) is 46.0 Å². The van der Waals surface area contributed by atoms with E-state index < -0.39 is 5.91 Å². The number of hydroxylamine groups is 1. The number of hydrogen-bond acceptors (Lipinski definition) is 5. The van der Waals surface area contributed by atoms with Crippen LogP contribution in [0.25, 0.3) is 0 Å². The average Bonchev–Trinajstić information content (AvgIpc) is 2.61. The Morgan fingerprint density at radius 1 is 1.04 bits per heavy atom. The van der Waals surface area contributed by atoms with Gasteiger partial charge in [-0.2, -0.15) is 0 Å². The fourth-order valence-corrected chi connectivity index (χ4v) is 1.68. The van der Waals surface area contributed by atoms with Crippen LogP contribution in [-0.4, -0.2) is 42.6 Å². The van der Waals surface area contributed by atoms with Gasteiger partial charge in [-0.25, -0.2) is 5.48 Å². The summed E-state index contributed by atoms with van der Waals surface area (Å²) in [5.41, 5.74) is 2.44. The van der Waals surface area contributed by atoms with E-state index >= 15 is 0 Å². The number of hydrogen-bond donors (Lipinski definition) is 3. The largest absolute Gasteiger partial charge is 0.494 e. The number of amides is 1. The van der Waals surface area contributed by atoms with Crippen molar-refractivity contribution in [3.8, 4) is 5.75 Å². The summed E-state index contributed by atoms with van der Waals surface area (Å²) in [5.74, 6) is 0.390. The van der Waals surface area contributed by atoms with Gasteiger partial charge in [0.15, 0.2) is 0 Å². The quantitative estimate of drug-likeness (QED) is 0.327. The van der Waals surface area contributed by atoms with E-state index in [0.29, 0.717) is 13.2 Å². The lowest BCUT2D eigenvalue weighted by Crippen LogP contribution is -2.20. The van der Waals surface area contributed by atoms with Gasteiger partial charge in [-0.05, 0) is 30.5 Å². The molecular weight excluding hydrogens is 310 g/mol. The van der Waals surface area contributed by atoms with Crippen LogP contribution in [0.15, 0.2) is 24.3 Å². The zero-order valence-electron chi connectivity index (χ0n) is 14.8. The SMILES string of the molecule is CCCCOCCO.CCCCOc1ccc(CC(=O)NO)cc1. The predicted molar refractivity (Wildman–Crippen MR) is 93.3 cm³/mol. The summed E-state index contributed by atoms with van der Waals surface area (Å²) >= 11 is 0. The maximum absolute atomic E-state index is 10.9. The van der Waals surface area contributed by atoms with E-state index in [4.69, 9.17) is 19.8 Å². The van der Waals surface area contributed by atoms with Crippen LogP contribution in [0.5, 0.6) is 5.75 Å². The molecule has 138 valence electrons. The Kier molecular flexibility index (Phi) is 15.1. The molecule has 0 fully saturated rings. The highest BCUT2D eigenvalue weighted by atomic mass is 16.5. The molecule has 0 aliphatic heterocycles. The zero-order chi connectivity index (χ0) is 18.0. The first kappa shape index (κ1) is 22.4. The van der Waals surface area contributed by atoms with Crippen LogP contribution >= 0.6 is 0 Å². The molecular formula is C18H31NO5. The molecule has 1 aromatic rings. The summed E-state index contributed by atoms with van der Waals surface area (Å²) in [5, 5.41) is 16.6. The molecule has 0 saturated carbocycles. The van der Waals surface area contributed by atoms with Gasteiger partial charge in [0.05, 0.1) is 26.2 Å². The van der Waals surface area contributed by atoms with Crippen molar-refractivity contribution < 1.29 is 24.6 Å². The normalized spacial score (nSPS) is 9.83. The van der Waals surface area contributed by atoms with Crippen molar-refractivity contribution in [1.29, 1.82) is 0 Å². The standard InChI is InChI=1S/C12H17NO3.C6H14O2/c1-2-3-8-16-11-6-4-10(5-7-11)9-12(14)13-15;1-2-3-5-8-6-4-7/h4-7,15H,2-3,8-9H2,1H3,(H,13,14);7H,2-6H2,1H3. The van der Waals surface area contributed by atoms with Crippen molar-refractivity contribution in [3.05, 3.63) is 29.8 Å². The third-order valence-corrected chi connectivity index (χ3v) is 3.06. The van der Waals surface area contributed by atoms with Gasteiger partial charge in [0.1, 0.15) is 5.75 Å². The van der Waals surface area contributed by atoms with Crippen molar-refractivity contribution in [3.63, 3.8) is 0 Å². The minimum atomic E-state index is -0.417. The third-order valence-electron chi connectivity index (χ3n) is 3.06. The minimum absolute atomic E-state index is 0.143. The Morgan fingerprint density at radius 2 is 1.67 bits per heavy atom. The Bertz CT molecular complexity index is 402. The number of carbonyl (C=O) groups is 1. The van der Waals surface area contributed by atoms with E-state index in [2.05, 4.69) is 13.8 Å². The number of unbranched alkanes of at least 4 members (excludes halogenated alkanes) is 2. The first-order chi connectivity index (χ1) is 11.7. The van der Waals surface area contributed by atoms with Crippen molar-refractivity contribution in [2.75, 3.05) is 26.4 Å². The monoisotopic (exact) mass is 341 g/mol. The molecule has 0 heterocycles. The van der Waals surface area contributed by atoms with Crippen LogP contribution in [0.4, 0.5) is 0 Å². The van der Waals surface area contributed by atoms with Gasteiger partial charge < -0.3 is 14.6 Å². The summed E-state index contributed by atoms with van der Waals surface area (Å²) in [4.78, 5) is 10.9. The summed E-state index contributed by atoms with van der Waals surface area (Å²) in [7, 11) is 0. The zero-order valence-corrected chi connectivity index (χ0v) is 14.8. The number of aliphatic hydroxyl groups is 1. The number of aliphatic hydroxyl groups excluding tert-OH is 1. The van der Waals surface area contributed by atoms with Gasteiger partial charge in [0, 0.05) is 6.61 Å². The lowest BCUT2D eigenvalue weighted by molar-refractivity contribution is -0.128. The van der Waals surface area contributed by atoms with Crippen molar-refractivity contribution >= 4 is 5.91 Å². The highest BCUT2D eigenvalue weighted by molar-refractivity contribution is 5.77. The summed E-state index contributed by atoms with van der Waals surface area (Å²) < 4.78 is 10.5. The van der Waals surface area contributed by atoms with E-state index in [9.17, 15) is 4.79 Å². The van der Waals surface area contributed by atoms with Gasteiger partial charge in [-0.1, -0.05) is 38.8 Å². The lowest BCUT2D eigenvalue weighted by atomic mass is 10.1. The molecule has 24 heavy (non-hydrogen) atoms. The van der Waals surface area contributed by atoms with Crippen LogP contribution in [-0.2, 0) is 16.0 Å². The molecule has 1 rings (SSSR count). The Labute approximate surface area is 144 Å². The number of carbonyl (C=O) groups excluding carboxylic acids is 1. The Balaban J connectivity index is 0.000000561. The molecule has 0 atom stereocenters. The van der Waals surface area contributed by atoms with Gasteiger partial charge >= 0.3 is 0 Å². The first-order valence-electron chi connectivity index (χ1n) is 8.51. The Hall–Kier alpha value is -1.63. The van der Waals surface area contributed by atoms with Crippen molar-refractivity contribution in [2.24, 2.45) is 0 Å². The fourth-order valence-electron chi connectivity index (χ4n) is 1.68. The molecule has 0 unspecified atom stereocenters. The van der Waals surface area contributed by atoms with Gasteiger partial charge in [-0.15, -0.1) is 0 Å². The number of rotatable bonds is 11. The van der Waals surface area contributed by atoms with E-state index in [1.165, 1.54) is 0 Å². The molecule has 6 heteroatoms. The molecule has 1 aromatic carbocycles. The summed E-state index contributed by atoms with van der Waals surface area (Å²) in [6.45, 7) is 6.36. The highest BCUT2D eigenvalue weighted by Gasteiger charge is 2.01. The molecule has 3 N–H and O–H groups in total.